The molecule has 1 fully saturated rings. The van der Waals surface area contributed by atoms with Crippen LogP contribution in [0.2, 0.25) is 10.0 Å². The predicted octanol–water partition coefficient (Wildman–Crippen LogP) is 3.61. The highest BCUT2D eigenvalue weighted by atomic mass is 35.5. The monoisotopic (exact) mass is 300 g/mol. The van der Waals surface area contributed by atoms with Gasteiger partial charge in [0.15, 0.2) is 0 Å². The molecule has 2 atom stereocenters. The molecule has 0 bridgehead atoms. The molecular weight excluding hydrogens is 279 g/mol. The minimum atomic E-state index is 0.592. The second kappa shape index (κ2) is 6.94. The quantitative estimate of drug-likeness (QED) is 0.914. The predicted molar refractivity (Wildman–Crippen MR) is 83.3 cm³/mol. The zero-order valence-corrected chi connectivity index (χ0v) is 13.1. The van der Waals surface area contributed by atoms with Crippen LogP contribution in [0, 0.1) is 0 Å². The Morgan fingerprint density at radius 2 is 2.16 bits per heavy atom. The van der Waals surface area contributed by atoms with Crippen LogP contribution in [0.5, 0.6) is 0 Å². The molecule has 1 aromatic carbocycles. The van der Waals surface area contributed by atoms with Gasteiger partial charge in [-0.2, -0.15) is 0 Å². The smallest absolute Gasteiger partial charge is 0.0453 e. The first-order valence-corrected chi connectivity index (χ1v) is 7.77. The van der Waals surface area contributed by atoms with Crippen molar-refractivity contribution >= 4 is 23.2 Å². The Kier molecular flexibility index (Phi) is 5.52. The second-order valence-electron chi connectivity index (χ2n) is 5.34. The van der Waals surface area contributed by atoms with Gasteiger partial charge >= 0.3 is 0 Å². The van der Waals surface area contributed by atoms with Crippen LogP contribution in [-0.2, 0) is 6.42 Å². The van der Waals surface area contributed by atoms with E-state index >= 15 is 0 Å². The molecule has 19 heavy (non-hydrogen) atoms. The maximum atomic E-state index is 6.22. The topological polar surface area (TPSA) is 15.3 Å². The maximum Gasteiger partial charge on any atom is 0.0453 e. The van der Waals surface area contributed by atoms with Crippen LogP contribution < -0.4 is 5.32 Å². The summed E-state index contributed by atoms with van der Waals surface area (Å²) in [6.07, 6.45) is 2.17. The molecule has 106 valence electrons. The summed E-state index contributed by atoms with van der Waals surface area (Å²) >= 11 is 12.1. The van der Waals surface area contributed by atoms with Gasteiger partial charge in [0.2, 0.25) is 0 Å². The molecule has 0 aliphatic carbocycles. The van der Waals surface area contributed by atoms with Gasteiger partial charge in [0.25, 0.3) is 0 Å². The third-order valence-electron chi connectivity index (χ3n) is 3.96. The van der Waals surface area contributed by atoms with Gasteiger partial charge in [0.05, 0.1) is 0 Å². The molecule has 1 aliphatic heterocycles. The van der Waals surface area contributed by atoms with Gasteiger partial charge < -0.3 is 5.32 Å². The van der Waals surface area contributed by atoms with Crippen molar-refractivity contribution in [3.05, 3.63) is 33.8 Å². The lowest BCUT2D eigenvalue weighted by molar-refractivity contribution is 0.141. The Bertz CT molecular complexity index is 423. The first-order chi connectivity index (χ1) is 9.10. The molecule has 2 unspecified atom stereocenters. The Labute approximate surface area is 126 Å². The summed E-state index contributed by atoms with van der Waals surface area (Å²) in [5, 5.41) is 5.06. The summed E-state index contributed by atoms with van der Waals surface area (Å²) < 4.78 is 0. The third-order valence-corrected chi connectivity index (χ3v) is 4.54. The summed E-state index contributed by atoms with van der Waals surface area (Å²) in [5.74, 6) is 0. The fraction of sp³-hybridized carbons (Fsp3) is 0.600. The summed E-state index contributed by atoms with van der Waals surface area (Å²) in [6, 6.07) is 6.99. The van der Waals surface area contributed by atoms with Crippen molar-refractivity contribution in [1.29, 1.82) is 0 Å². The van der Waals surface area contributed by atoms with Crippen molar-refractivity contribution in [3.8, 4) is 0 Å². The van der Waals surface area contributed by atoms with E-state index in [9.17, 15) is 0 Å². The Morgan fingerprint density at radius 1 is 1.37 bits per heavy atom. The van der Waals surface area contributed by atoms with E-state index in [1.807, 2.05) is 18.2 Å². The molecule has 0 spiro atoms. The highest BCUT2D eigenvalue weighted by Crippen LogP contribution is 2.22. The van der Waals surface area contributed by atoms with Gasteiger partial charge in [-0.3, -0.25) is 4.90 Å². The van der Waals surface area contributed by atoms with E-state index in [4.69, 9.17) is 23.2 Å². The van der Waals surface area contributed by atoms with E-state index in [0.717, 1.165) is 31.1 Å². The molecule has 1 heterocycles. The Morgan fingerprint density at radius 3 is 2.84 bits per heavy atom. The molecule has 2 rings (SSSR count). The number of nitrogens with zero attached hydrogens (tertiary/aromatic N) is 1. The van der Waals surface area contributed by atoms with Crippen molar-refractivity contribution in [2.24, 2.45) is 0 Å². The van der Waals surface area contributed by atoms with E-state index < -0.39 is 0 Å². The van der Waals surface area contributed by atoms with Gasteiger partial charge in [-0.1, -0.05) is 36.2 Å². The van der Waals surface area contributed by atoms with Crippen molar-refractivity contribution in [3.63, 3.8) is 0 Å². The lowest BCUT2D eigenvalue weighted by Crippen LogP contribution is -2.55. The molecule has 2 nitrogen and oxygen atoms in total. The lowest BCUT2D eigenvalue weighted by Gasteiger charge is -2.38. The Hall–Kier alpha value is -0.280. The first-order valence-electron chi connectivity index (χ1n) is 7.01. The molecule has 1 N–H and O–H groups in total. The summed E-state index contributed by atoms with van der Waals surface area (Å²) in [5.41, 5.74) is 1.19. The molecule has 0 amide bonds. The summed E-state index contributed by atoms with van der Waals surface area (Å²) in [6.45, 7) is 7.78. The highest BCUT2D eigenvalue weighted by Gasteiger charge is 2.23. The van der Waals surface area contributed by atoms with Crippen LogP contribution in [0.4, 0.5) is 0 Å². The molecule has 1 aliphatic rings. The second-order valence-corrected chi connectivity index (χ2v) is 6.19. The number of benzene rings is 1. The average molecular weight is 301 g/mol. The maximum absolute atomic E-state index is 6.22. The van der Waals surface area contributed by atoms with Crippen molar-refractivity contribution in [2.75, 3.05) is 19.6 Å². The van der Waals surface area contributed by atoms with Crippen molar-refractivity contribution in [2.45, 2.75) is 38.8 Å². The van der Waals surface area contributed by atoms with Crippen LogP contribution in [-0.4, -0.2) is 36.6 Å². The highest BCUT2D eigenvalue weighted by molar-refractivity contribution is 6.35. The third kappa shape index (κ3) is 4.09. The summed E-state index contributed by atoms with van der Waals surface area (Å²) in [4.78, 5) is 2.55. The lowest BCUT2D eigenvalue weighted by atomic mass is 10.1. The van der Waals surface area contributed by atoms with Crippen molar-refractivity contribution in [1.82, 2.24) is 10.2 Å². The number of piperazine rings is 1. The van der Waals surface area contributed by atoms with Crippen molar-refractivity contribution < 1.29 is 0 Å². The first kappa shape index (κ1) is 15.1. The minimum absolute atomic E-state index is 0.592. The minimum Gasteiger partial charge on any atom is -0.311 e. The molecule has 1 aromatic rings. The van der Waals surface area contributed by atoms with Crippen LogP contribution in [0.15, 0.2) is 18.2 Å². The number of hydrogen-bond donors (Lipinski definition) is 1. The van der Waals surface area contributed by atoms with Gasteiger partial charge in [-0.05, 0) is 37.5 Å². The fourth-order valence-electron chi connectivity index (χ4n) is 2.57. The number of rotatable bonds is 4. The van der Waals surface area contributed by atoms with E-state index in [-0.39, 0.29) is 0 Å². The van der Waals surface area contributed by atoms with E-state index in [0.29, 0.717) is 17.1 Å². The molecule has 0 saturated carbocycles. The molecular formula is C15H22Cl2N2. The normalized spacial score (nSPS) is 24.6. The number of halogens is 2. The standard InChI is InChI=1S/C15H22Cl2N2/c1-3-14-10-19(11(2)9-18-14)7-6-12-4-5-13(16)8-15(12)17/h4-5,8,11,14,18H,3,6-7,9-10H2,1-2H3. The van der Waals surface area contributed by atoms with E-state index in [1.165, 1.54) is 12.0 Å². The SMILES string of the molecule is CCC1CN(CCc2ccc(Cl)cc2Cl)C(C)CN1. The fourth-order valence-corrected chi connectivity index (χ4v) is 3.07. The van der Waals surface area contributed by atoms with Gasteiger partial charge in [-0.25, -0.2) is 0 Å². The van der Waals surface area contributed by atoms with Crippen LogP contribution in [0.1, 0.15) is 25.8 Å². The number of nitrogens with one attached hydrogen (secondary N) is 1. The summed E-state index contributed by atoms with van der Waals surface area (Å²) in [7, 11) is 0. The van der Waals surface area contributed by atoms with Crippen LogP contribution in [0.3, 0.4) is 0 Å². The average Bonchev–Trinajstić information content (AvgIpc) is 2.39. The van der Waals surface area contributed by atoms with Gasteiger partial charge in [0, 0.05) is 41.8 Å². The van der Waals surface area contributed by atoms with E-state index in [1.54, 1.807) is 0 Å². The molecule has 0 aromatic heterocycles. The zero-order chi connectivity index (χ0) is 13.8. The molecule has 1 saturated heterocycles. The van der Waals surface area contributed by atoms with Crippen LogP contribution >= 0.6 is 23.2 Å². The largest absolute Gasteiger partial charge is 0.311 e. The van der Waals surface area contributed by atoms with E-state index in [2.05, 4.69) is 24.1 Å². The Balaban J connectivity index is 1.93. The van der Waals surface area contributed by atoms with Gasteiger partial charge in [-0.15, -0.1) is 0 Å². The van der Waals surface area contributed by atoms with Crippen LogP contribution in [0.25, 0.3) is 0 Å². The molecule has 4 heteroatoms. The zero-order valence-electron chi connectivity index (χ0n) is 11.6. The molecule has 0 radical (unpaired) electrons. The number of hydrogen-bond acceptors (Lipinski definition) is 2. The van der Waals surface area contributed by atoms with Gasteiger partial charge in [0.1, 0.15) is 0 Å².